The summed E-state index contributed by atoms with van der Waals surface area (Å²) in [4.78, 5) is 10.9. The highest BCUT2D eigenvalue weighted by Gasteiger charge is 2.29. The average molecular weight is 342 g/mol. The van der Waals surface area contributed by atoms with Crippen molar-refractivity contribution >= 4 is 43.3 Å². The molecule has 0 amide bonds. The van der Waals surface area contributed by atoms with Crippen LogP contribution in [0.4, 0.5) is 0 Å². The Morgan fingerprint density at radius 1 is 1.53 bits per heavy atom. The topological polar surface area (TPSA) is 83.5 Å². The van der Waals surface area contributed by atoms with Gasteiger partial charge >= 0.3 is 5.97 Å². The Morgan fingerprint density at radius 3 is 2.47 bits per heavy atom. The van der Waals surface area contributed by atoms with Gasteiger partial charge in [0, 0.05) is 4.47 Å². The van der Waals surface area contributed by atoms with Crippen LogP contribution in [0, 0.1) is 5.92 Å². The zero-order chi connectivity index (χ0) is 13.2. The van der Waals surface area contributed by atoms with Crippen LogP contribution in [0.25, 0.3) is 0 Å². The van der Waals surface area contributed by atoms with E-state index in [1.807, 2.05) is 0 Å². The molecule has 0 saturated carbocycles. The van der Waals surface area contributed by atoms with Crippen molar-refractivity contribution in [1.29, 1.82) is 0 Å². The van der Waals surface area contributed by atoms with Gasteiger partial charge in [-0.1, -0.05) is 13.8 Å². The third-order valence-corrected chi connectivity index (χ3v) is 6.15. The molecule has 1 rings (SSSR count). The first-order chi connectivity index (χ1) is 7.75. The summed E-state index contributed by atoms with van der Waals surface area (Å²) >= 11 is 4.14. The molecule has 0 radical (unpaired) electrons. The number of hydrogen-bond donors (Lipinski definition) is 2. The quantitative estimate of drug-likeness (QED) is 0.856. The first-order valence-electron chi connectivity index (χ1n) is 4.74. The van der Waals surface area contributed by atoms with Gasteiger partial charge in [0.05, 0.1) is 0 Å². The van der Waals surface area contributed by atoms with E-state index in [4.69, 9.17) is 5.11 Å². The molecule has 1 atom stereocenters. The number of rotatable bonds is 5. The van der Waals surface area contributed by atoms with Crippen LogP contribution < -0.4 is 4.72 Å². The van der Waals surface area contributed by atoms with Gasteiger partial charge < -0.3 is 5.11 Å². The Kier molecular flexibility index (Phi) is 4.70. The lowest BCUT2D eigenvalue weighted by atomic mass is 10.1. The molecular weight excluding hydrogens is 330 g/mol. The van der Waals surface area contributed by atoms with Crippen molar-refractivity contribution in [3.8, 4) is 0 Å². The van der Waals surface area contributed by atoms with E-state index < -0.39 is 22.0 Å². The summed E-state index contributed by atoms with van der Waals surface area (Å²) in [5.41, 5.74) is 0. The van der Waals surface area contributed by atoms with Crippen molar-refractivity contribution in [3.05, 3.63) is 15.9 Å². The summed E-state index contributed by atoms with van der Waals surface area (Å²) < 4.78 is 26.6. The van der Waals surface area contributed by atoms with Gasteiger partial charge in [-0.2, -0.15) is 4.72 Å². The largest absolute Gasteiger partial charge is 0.480 e. The van der Waals surface area contributed by atoms with Crippen LogP contribution in [0.1, 0.15) is 13.8 Å². The summed E-state index contributed by atoms with van der Waals surface area (Å²) in [6.07, 6.45) is 0. The number of carbonyl (C=O) groups is 1. The predicted molar refractivity (Wildman–Crippen MR) is 68.6 cm³/mol. The molecule has 1 heterocycles. The molecule has 0 fully saturated rings. The molecule has 0 aromatic carbocycles. The molecule has 1 aromatic heterocycles. The molecule has 1 aromatic rings. The highest BCUT2D eigenvalue weighted by molar-refractivity contribution is 9.10. The number of aliphatic carboxylic acids is 1. The van der Waals surface area contributed by atoms with Crippen molar-refractivity contribution < 1.29 is 18.3 Å². The molecule has 0 aliphatic carbocycles. The minimum absolute atomic E-state index is 0.0874. The summed E-state index contributed by atoms with van der Waals surface area (Å²) in [5.74, 6) is -1.52. The monoisotopic (exact) mass is 341 g/mol. The second-order valence-corrected chi connectivity index (χ2v) is 7.42. The van der Waals surface area contributed by atoms with E-state index in [0.717, 1.165) is 11.3 Å². The van der Waals surface area contributed by atoms with Crippen LogP contribution in [0.3, 0.4) is 0 Å². The van der Waals surface area contributed by atoms with Crippen LogP contribution in [-0.4, -0.2) is 25.5 Å². The second kappa shape index (κ2) is 5.47. The fourth-order valence-corrected chi connectivity index (χ4v) is 4.86. The van der Waals surface area contributed by atoms with E-state index in [1.54, 1.807) is 25.3 Å². The van der Waals surface area contributed by atoms with Gasteiger partial charge in [0.25, 0.3) is 10.0 Å². The molecular formula is C9H12BrNO4S2. The lowest BCUT2D eigenvalue weighted by Crippen LogP contribution is -2.44. The minimum Gasteiger partial charge on any atom is -0.480 e. The van der Waals surface area contributed by atoms with E-state index in [1.165, 1.54) is 0 Å². The second-order valence-electron chi connectivity index (χ2n) is 3.74. The maximum absolute atomic E-state index is 11.9. The first-order valence-corrected chi connectivity index (χ1v) is 7.89. The number of nitrogens with one attached hydrogen (secondary N) is 1. The normalized spacial score (nSPS) is 13.9. The van der Waals surface area contributed by atoms with Gasteiger partial charge in [-0.25, -0.2) is 8.42 Å². The van der Waals surface area contributed by atoms with Crippen LogP contribution in [0.15, 0.2) is 20.1 Å². The zero-order valence-electron chi connectivity index (χ0n) is 9.18. The molecule has 0 unspecified atom stereocenters. The van der Waals surface area contributed by atoms with Gasteiger partial charge in [-0.05, 0) is 33.3 Å². The zero-order valence-corrected chi connectivity index (χ0v) is 12.4. The van der Waals surface area contributed by atoms with Crippen LogP contribution >= 0.6 is 27.3 Å². The number of carboxylic acid groups (broad SMARTS) is 1. The maximum Gasteiger partial charge on any atom is 0.322 e. The predicted octanol–water partition coefficient (Wildman–Crippen LogP) is 1.90. The molecule has 2 N–H and O–H groups in total. The van der Waals surface area contributed by atoms with Gasteiger partial charge in [0.1, 0.15) is 10.3 Å². The fourth-order valence-electron chi connectivity index (χ4n) is 1.16. The molecule has 0 aliphatic heterocycles. The molecule has 0 aliphatic rings. The van der Waals surface area contributed by atoms with Crippen molar-refractivity contribution in [2.24, 2.45) is 5.92 Å². The summed E-state index contributed by atoms with van der Waals surface area (Å²) in [6.45, 7) is 3.29. The third-order valence-electron chi connectivity index (χ3n) is 2.04. The van der Waals surface area contributed by atoms with Crippen molar-refractivity contribution in [3.63, 3.8) is 0 Å². The molecule has 8 heteroatoms. The highest BCUT2D eigenvalue weighted by Crippen LogP contribution is 2.27. The minimum atomic E-state index is -3.80. The standard InChI is InChI=1S/C9H12BrNO4S2/c1-5(2)7(8(12)13)11-17(14,15)9-6(10)3-4-16-9/h3-5,7,11H,1-2H3,(H,12,13)/t7-/m0/s1. The van der Waals surface area contributed by atoms with E-state index in [2.05, 4.69) is 20.7 Å². The lowest BCUT2D eigenvalue weighted by molar-refractivity contribution is -0.140. The van der Waals surface area contributed by atoms with Gasteiger partial charge in [0.15, 0.2) is 0 Å². The number of hydrogen-bond acceptors (Lipinski definition) is 4. The number of thiophene rings is 1. The smallest absolute Gasteiger partial charge is 0.322 e. The molecule has 0 spiro atoms. The van der Waals surface area contributed by atoms with Crippen LogP contribution in [0.2, 0.25) is 0 Å². The lowest BCUT2D eigenvalue weighted by Gasteiger charge is -2.17. The van der Waals surface area contributed by atoms with Crippen molar-refractivity contribution in [2.45, 2.75) is 24.1 Å². The van der Waals surface area contributed by atoms with Gasteiger partial charge in [-0.15, -0.1) is 11.3 Å². The van der Waals surface area contributed by atoms with Crippen molar-refractivity contribution in [2.75, 3.05) is 0 Å². The van der Waals surface area contributed by atoms with Gasteiger partial charge in [0.2, 0.25) is 0 Å². The number of halogens is 1. The highest BCUT2D eigenvalue weighted by atomic mass is 79.9. The Balaban J connectivity index is 3.01. The fraction of sp³-hybridized carbons (Fsp3) is 0.444. The van der Waals surface area contributed by atoms with E-state index in [-0.39, 0.29) is 10.1 Å². The summed E-state index contributed by atoms with van der Waals surface area (Å²) in [6, 6.07) is 0.471. The molecule has 96 valence electrons. The molecule has 17 heavy (non-hydrogen) atoms. The Bertz CT molecular complexity index is 509. The molecule has 0 saturated heterocycles. The Morgan fingerprint density at radius 2 is 2.12 bits per heavy atom. The van der Waals surface area contributed by atoms with E-state index in [9.17, 15) is 13.2 Å². The third kappa shape index (κ3) is 3.51. The van der Waals surface area contributed by atoms with Crippen LogP contribution in [0.5, 0.6) is 0 Å². The summed E-state index contributed by atoms with van der Waals surface area (Å²) in [5, 5.41) is 10.6. The first kappa shape index (κ1) is 14.6. The van der Waals surface area contributed by atoms with Crippen molar-refractivity contribution in [1.82, 2.24) is 4.72 Å². The SMILES string of the molecule is CC(C)[C@H](NS(=O)(=O)c1sccc1Br)C(=O)O. The Hall–Kier alpha value is -0.440. The van der Waals surface area contributed by atoms with Gasteiger partial charge in [-0.3, -0.25) is 4.79 Å². The number of carboxylic acids is 1. The average Bonchev–Trinajstić information content (AvgIpc) is 2.60. The Labute approximate surface area is 112 Å². The molecule has 5 nitrogen and oxygen atoms in total. The maximum atomic E-state index is 11.9. The van der Waals surface area contributed by atoms with Crippen LogP contribution in [-0.2, 0) is 14.8 Å². The number of sulfonamides is 1. The summed E-state index contributed by atoms with van der Waals surface area (Å²) in [7, 11) is -3.80. The van der Waals surface area contributed by atoms with E-state index >= 15 is 0 Å². The van der Waals surface area contributed by atoms with E-state index in [0.29, 0.717) is 4.47 Å². The molecule has 0 bridgehead atoms.